The minimum atomic E-state index is -4.07. The van der Waals surface area contributed by atoms with Gasteiger partial charge in [-0.1, -0.05) is 32.5 Å². The average Bonchev–Trinajstić information content (AvgIpc) is 2.62. The van der Waals surface area contributed by atoms with Crippen LogP contribution in [0.1, 0.15) is 27.7 Å². The molecule has 1 saturated heterocycles. The molecule has 1 fully saturated rings. The predicted molar refractivity (Wildman–Crippen MR) is 106 cm³/mol. The molecule has 0 radical (unpaired) electrons. The number of fused-ring (bicyclic) bond motifs is 1. The lowest BCUT2D eigenvalue weighted by molar-refractivity contribution is -0.161. The average molecular weight is 459 g/mol. The zero-order chi connectivity index (χ0) is 22.8. The SMILES string of the molecule is CO[C@H]1C(=O)N2C(C(=O)C(C)(C)C)=C(C)C(Sc3nc(=O)c(O)nn3C)S(=O)(=O)[C@@H]12. The van der Waals surface area contributed by atoms with Gasteiger partial charge in [-0.2, -0.15) is 4.98 Å². The first-order chi connectivity index (χ1) is 13.7. The molecule has 30 heavy (non-hydrogen) atoms. The molecule has 2 aliphatic heterocycles. The molecule has 0 saturated carbocycles. The number of aromatic hydroxyl groups is 1. The highest BCUT2D eigenvalue weighted by molar-refractivity contribution is 8.14. The van der Waals surface area contributed by atoms with Gasteiger partial charge >= 0.3 is 5.56 Å². The number of ether oxygens (including phenoxy) is 1. The van der Waals surface area contributed by atoms with Crippen molar-refractivity contribution in [1.29, 1.82) is 0 Å². The second kappa shape index (κ2) is 7.17. The highest BCUT2D eigenvalue weighted by Crippen LogP contribution is 2.47. The molecule has 13 heteroatoms. The molecule has 3 atom stereocenters. The third-order valence-electron chi connectivity index (χ3n) is 4.87. The first-order valence-electron chi connectivity index (χ1n) is 8.88. The van der Waals surface area contributed by atoms with Crippen LogP contribution in [0.4, 0.5) is 0 Å². The van der Waals surface area contributed by atoms with Gasteiger partial charge in [-0.3, -0.25) is 19.3 Å². The lowest BCUT2D eigenvalue weighted by Crippen LogP contribution is -2.71. The topological polar surface area (TPSA) is 149 Å². The Balaban J connectivity index is 2.20. The largest absolute Gasteiger partial charge is 0.488 e. The minimum absolute atomic E-state index is 0.00913. The molecule has 1 unspecified atom stereocenters. The van der Waals surface area contributed by atoms with Gasteiger partial charge in [0.2, 0.25) is 0 Å². The van der Waals surface area contributed by atoms with E-state index in [-0.39, 0.29) is 22.2 Å². The monoisotopic (exact) mass is 458 g/mol. The first-order valence-corrected chi connectivity index (χ1v) is 11.4. The zero-order valence-electron chi connectivity index (χ0n) is 17.2. The maximum atomic E-state index is 13.4. The Labute approximate surface area is 177 Å². The lowest BCUT2D eigenvalue weighted by atomic mass is 9.86. The van der Waals surface area contributed by atoms with E-state index in [4.69, 9.17) is 4.74 Å². The number of carbonyl (C=O) groups excluding carboxylic acids is 2. The van der Waals surface area contributed by atoms with E-state index in [9.17, 15) is 27.9 Å². The molecule has 1 N–H and O–H groups in total. The molecule has 164 valence electrons. The number of rotatable bonds is 4. The van der Waals surface area contributed by atoms with Gasteiger partial charge in [-0.25, -0.2) is 13.1 Å². The number of methoxy groups -OCH3 is 1. The molecule has 3 rings (SSSR count). The first kappa shape index (κ1) is 22.4. The van der Waals surface area contributed by atoms with Crippen molar-refractivity contribution < 1.29 is 27.9 Å². The van der Waals surface area contributed by atoms with Crippen LogP contribution in [-0.4, -0.2) is 68.0 Å². The molecule has 0 bridgehead atoms. The normalized spacial score (nSPS) is 25.7. The Kier molecular flexibility index (Phi) is 5.36. The van der Waals surface area contributed by atoms with Gasteiger partial charge in [0, 0.05) is 19.6 Å². The van der Waals surface area contributed by atoms with Crippen molar-refractivity contribution in [3.05, 3.63) is 21.6 Å². The van der Waals surface area contributed by atoms with Crippen LogP contribution in [0.5, 0.6) is 5.88 Å². The van der Waals surface area contributed by atoms with Crippen LogP contribution in [0, 0.1) is 5.41 Å². The highest BCUT2D eigenvalue weighted by atomic mass is 32.3. The Hall–Kier alpha value is -2.25. The summed E-state index contributed by atoms with van der Waals surface area (Å²) in [5.41, 5.74) is -1.72. The van der Waals surface area contributed by atoms with E-state index in [1.165, 1.54) is 21.1 Å². The lowest BCUT2D eigenvalue weighted by Gasteiger charge is -2.51. The molecule has 3 heterocycles. The third-order valence-corrected chi connectivity index (χ3v) is 9.18. The van der Waals surface area contributed by atoms with E-state index < -0.39 is 48.7 Å². The molecule has 1 amide bonds. The molecule has 0 aliphatic carbocycles. The fourth-order valence-electron chi connectivity index (χ4n) is 3.32. The van der Waals surface area contributed by atoms with E-state index in [2.05, 4.69) is 10.1 Å². The Bertz CT molecular complexity index is 1130. The van der Waals surface area contributed by atoms with Gasteiger partial charge in [-0.05, 0) is 12.5 Å². The molecular weight excluding hydrogens is 436 g/mol. The van der Waals surface area contributed by atoms with Crippen molar-refractivity contribution in [3.63, 3.8) is 0 Å². The van der Waals surface area contributed by atoms with Gasteiger partial charge in [-0.15, -0.1) is 5.10 Å². The van der Waals surface area contributed by atoms with E-state index in [1.807, 2.05) is 0 Å². The number of aromatic nitrogens is 3. The summed E-state index contributed by atoms with van der Waals surface area (Å²) in [6.07, 6.45) is -1.23. The molecule has 11 nitrogen and oxygen atoms in total. The van der Waals surface area contributed by atoms with Crippen LogP contribution in [0.25, 0.3) is 0 Å². The maximum Gasteiger partial charge on any atom is 0.336 e. The van der Waals surface area contributed by atoms with Gasteiger partial charge in [0.25, 0.3) is 11.8 Å². The molecular formula is C17H22N4O7S2. The third kappa shape index (κ3) is 3.24. The van der Waals surface area contributed by atoms with E-state index >= 15 is 0 Å². The number of nitrogens with zero attached hydrogens (tertiary/aromatic N) is 4. The number of hydrogen-bond donors (Lipinski definition) is 1. The van der Waals surface area contributed by atoms with Crippen molar-refractivity contribution in [2.45, 2.75) is 48.9 Å². The van der Waals surface area contributed by atoms with Gasteiger partial charge in [0.05, 0.1) is 5.70 Å². The van der Waals surface area contributed by atoms with Crippen molar-refractivity contribution in [2.24, 2.45) is 12.5 Å². The molecule has 2 aliphatic rings. The smallest absolute Gasteiger partial charge is 0.336 e. The van der Waals surface area contributed by atoms with Crippen molar-refractivity contribution in [2.75, 3.05) is 7.11 Å². The molecule has 0 aromatic carbocycles. The second-order valence-corrected chi connectivity index (χ2v) is 11.6. The second-order valence-electron chi connectivity index (χ2n) is 8.05. The van der Waals surface area contributed by atoms with Gasteiger partial charge in [0.15, 0.2) is 32.3 Å². The predicted octanol–water partition coefficient (Wildman–Crippen LogP) is -0.200. The van der Waals surface area contributed by atoms with Crippen LogP contribution in [0.15, 0.2) is 21.2 Å². The van der Waals surface area contributed by atoms with Crippen molar-refractivity contribution in [3.8, 4) is 5.88 Å². The fraction of sp³-hybridized carbons (Fsp3) is 0.588. The summed E-state index contributed by atoms with van der Waals surface area (Å²) >= 11 is 0.701. The van der Waals surface area contributed by atoms with E-state index in [0.717, 1.165) is 9.58 Å². The van der Waals surface area contributed by atoms with Gasteiger partial charge < -0.3 is 9.84 Å². The number of carbonyl (C=O) groups is 2. The Morgan fingerprint density at radius 3 is 2.40 bits per heavy atom. The summed E-state index contributed by atoms with van der Waals surface area (Å²) in [6.45, 7) is 6.47. The molecule has 0 spiro atoms. The van der Waals surface area contributed by atoms with Crippen molar-refractivity contribution in [1.82, 2.24) is 19.7 Å². The Morgan fingerprint density at radius 2 is 1.87 bits per heavy atom. The quantitative estimate of drug-likeness (QED) is 0.601. The highest BCUT2D eigenvalue weighted by Gasteiger charge is 2.63. The number of aryl methyl sites for hydroxylation is 1. The summed E-state index contributed by atoms with van der Waals surface area (Å²) in [5.74, 6) is -1.81. The zero-order valence-corrected chi connectivity index (χ0v) is 18.9. The summed E-state index contributed by atoms with van der Waals surface area (Å²) < 4.78 is 31.6. The number of β-lactam (4-membered cyclic amide) rings is 1. The number of amides is 1. The number of Topliss-reactive ketones (excluding diaryl/α,β-unsaturated/α-hetero) is 1. The fourth-order valence-corrected chi connectivity index (χ4v) is 7.20. The summed E-state index contributed by atoms with van der Waals surface area (Å²) in [5, 5.41) is 11.6. The number of hydrogen-bond acceptors (Lipinski definition) is 10. The maximum absolute atomic E-state index is 13.4. The summed E-state index contributed by atoms with van der Waals surface area (Å²) in [7, 11) is -1.45. The van der Waals surface area contributed by atoms with E-state index in [1.54, 1.807) is 20.8 Å². The van der Waals surface area contributed by atoms with Crippen LogP contribution < -0.4 is 5.56 Å². The van der Waals surface area contributed by atoms with Gasteiger partial charge in [0.1, 0.15) is 4.58 Å². The minimum Gasteiger partial charge on any atom is -0.488 e. The van der Waals surface area contributed by atoms with Crippen LogP contribution in [-0.2, 0) is 31.2 Å². The van der Waals surface area contributed by atoms with E-state index in [0.29, 0.717) is 11.8 Å². The van der Waals surface area contributed by atoms with Crippen LogP contribution in [0.3, 0.4) is 0 Å². The molecule has 1 aromatic rings. The summed E-state index contributed by atoms with van der Waals surface area (Å²) in [6, 6.07) is 0. The Morgan fingerprint density at radius 1 is 1.27 bits per heavy atom. The summed E-state index contributed by atoms with van der Waals surface area (Å²) in [4.78, 5) is 42.1. The number of allylic oxidation sites excluding steroid dienone is 1. The van der Waals surface area contributed by atoms with Crippen molar-refractivity contribution >= 4 is 33.3 Å². The molecule has 1 aromatic heterocycles. The number of thioether (sulfide) groups is 1. The number of ketones is 1. The van der Waals surface area contributed by atoms with Crippen LogP contribution >= 0.6 is 11.8 Å². The standard InChI is InChI=1S/C17H22N4O7S2/c1-7-8(10(22)17(2,3)4)21-13(25)9(28-6)14(21)30(26,27)15(7)29-16-18-11(23)12(24)19-20(16)5/h9,14-15H,1-6H3,(H,19,24)/t9-,14-,15?/m0/s1. The number of sulfone groups is 1. The van der Waals surface area contributed by atoms with Crippen LogP contribution in [0.2, 0.25) is 0 Å².